The summed E-state index contributed by atoms with van der Waals surface area (Å²) in [6.45, 7) is 0. The Morgan fingerprint density at radius 2 is 1.71 bits per heavy atom. The zero-order chi connectivity index (χ0) is 16.4. The average molecular weight is 325 g/mol. The summed E-state index contributed by atoms with van der Waals surface area (Å²) in [5.41, 5.74) is 0. The summed E-state index contributed by atoms with van der Waals surface area (Å²) in [6.07, 6.45) is 6.42. The second-order valence-corrected chi connectivity index (χ2v) is 6.85. The van der Waals surface area contributed by atoms with E-state index in [1.807, 2.05) is 36.4 Å². The van der Waals surface area contributed by atoms with Crippen LogP contribution in [0.15, 0.2) is 46.9 Å². The molecular weight excluding hydrogens is 302 g/mol. The van der Waals surface area contributed by atoms with Gasteiger partial charge in [-0.2, -0.15) is 0 Å². The molecule has 0 unspecified atom stereocenters. The lowest BCUT2D eigenvalue weighted by Gasteiger charge is -2.29. The molecule has 4 heteroatoms. The quantitative estimate of drug-likeness (QED) is 0.893. The number of para-hydroxylation sites is 1. The van der Waals surface area contributed by atoms with Gasteiger partial charge in [0.2, 0.25) is 0 Å². The van der Waals surface area contributed by atoms with E-state index >= 15 is 0 Å². The second kappa shape index (κ2) is 6.71. The molecule has 0 bridgehead atoms. The van der Waals surface area contributed by atoms with Gasteiger partial charge in [0.05, 0.1) is 6.10 Å². The molecule has 0 radical (unpaired) electrons. The average Bonchev–Trinajstić information content (AvgIpc) is 3.34. The standard InChI is InChI=1S/C20H23NO3/c22-20(19-13-12-18(24-19)14-6-7-14)21-15-8-10-17(11-9-15)23-16-4-2-1-3-5-16/h1-5,12-15,17H,6-11H2,(H,21,22). The molecule has 0 atom stereocenters. The van der Waals surface area contributed by atoms with E-state index < -0.39 is 0 Å². The number of hydrogen-bond donors (Lipinski definition) is 1. The number of carbonyl (C=O) groups excluding carboxylic acids is 1. The molecule has 126 valence electrons. The van der Waals surface area contributed by atoms with Crippen LogP contribution in [0, 0.1) is 0 Å². The van der Waals surface area contributed by atoms with E-state index in [0.717, 1.165) is 37.2 Å². The summed E-state index contributed by atoms with van der Waals surface area (Å²) in [7, 11) is 0. The first-order valence-electron chi connectivity index (χ1n) is 8.90. The maximum atomic E-state index is 12.3. The Hall–Kier alpha value is -2.23. The molecule has 2 aromatic rings. The molecule has 24 heavy (non-hydrogen) atoms. The van der Waals surface area contributed by atoms with Crippen LogP contribution in [-0.2, 0) is 0 Å². The number of carbonyl (C=O) groups is 1. The van der Waals surface area contributed by atoms with Gasteiger partial charge in [-0.1, -0.05) is 18.2 Å². The van der Waals surface area contributed by atoms with Gasteiger partial charge in [-0.05, 0) is 62.8 Å². The van der Waals surface area contributed by atoms with Gasteiger partial charge in [-0.3, -0.25) is 4.79 Å². The lowest BCUT2D eigenvalue weighted by atomic mass is 9.93. The fourth-order valence-electron chi connectivity index (χ4n) is 3.34. The molecule has 0 spiro atoms. The van der Waals surface area contributed by atoms with Crippen LogP contribution in [0.5, 0.6) is 5.75 Å². The summed E-state index contributed by atoms with van der Waals surface area (Å²) in [5, 5.41) is 3.10. The molecule has 4 nitrogen and oxygen atoms in total. The Labute approximate surface area is 142 Å². The molecule has 2 aliphatic carbocycles. The molecule has 2 aliphatic rings. The zero-order valence-electron chi connectivity index (χ0n) is 13.7. The molecule has 1 heterocycles. The van der Waals surface area contributed by atoms with Crippen molar-refractivity contribution in [2.75, 3.05) is 0 Å². The van der Waals surface area contributed by atoms with Gasteiger partial charge in [-0.25, -0.2) is 0 Å². The number of nitrogens with one attached hydrogen (secondary N) is 1. The predicted molar refractivity (Wildman–Crippen MR) is 91.3 cm³/mol. The van der Waals surface area contributed by atoms with Crippen LogP contribution in [0.1, 0.15) is 60.8 Å². The summed E-state index contributed by atoms with van der Waals surface area (Å²) in [5.74, 6) is 2.78. The third-order valence-corrected chi connectivity index (χ3v) is 4.89. The third-order valence-electron chi connectivity index (χ3n) is 4.89. The van der Waals surface area contributed by atoms with Crippen molar-refractivity contribution in [3.05, 3.63) is 54.0 Å². The topological polar surface area (TPSA) is 51.5 Å². The van der Waals surface area contributed by atoms with Crippen LogP contribution in [0.4, 0.5) is 0 Å². The van der Waals surface area contributed by atoms with Gasteiger partial charge in [0, 0.05) is 12.0 Å². The van der Waals surface area contributed by atoms with Crippen molar-refractivity contribution in [1.82, 2.24) is 5.32 Å². The summed E-state index contributed by atoms with van der Waals surface area (Å²) >= 11 is 0. The molecule has 0 aliphatic heterocycles. The molecule has 0 saturated heterocycles. The predicted octanol–water partition coefficient (Wildman–Crippen LogP) is 4.28. The number of ether oxygens (including phenoxy) is 1. The molecule has 1 N–H and O–H groups in total. The normalized spacial score (nSPS) is 23.7. The highest BCUT2D eigenvalue weighted by atomic mass is 16.5. The number of amides is 1. The van der Waals surface area contributed by atoms with Gasteiger partial charge < -0.3 is 14.5 Å². The van der Waals surface area contributed by atoms with Gasteiger partial charge in [0.15, 0.2) is 5.76 Å². The molecule has 1 aromatic carbocycles. The molecule has 1 amide bonds. The van der Waals surface area contributed by atoms with Gasteiger partial charge in [-0.15, -0.1) is 0 Å². The first-order valence-corrected chi connectivity index (χ1v) is 8.90. The molecule has 2 saturated carbocycles. The van der Waals surface area contributed by atoms with Crippen LogP contribution in [0.3, 0.4) is 0 Å². The van der Waals surface area contributed by atoms with Crippen LogP contribution >= 0.6 is 0 Å². The van der Waals surface area contributed by atoms with Crippen molar-refractivity contribution in [3.8, 4) is 5.75 Å². The molecule has 1 aromatic heterocycles. The van der Waals surface area contributed by atoms with E-state index in [1.54, 1.807) is 6.07 Å². The zero-order valence-corrected chi connectivity index (χ0v) is 13.7. The van der Waals surface area contributed by atoms with E-state index in [9.17, 15) is 4.79 Å². The Bertz CT molecular complexity index is 682. The summed E-state index contributed by atoms with van der Waals surface area (Å²) < 4.78 is 11.7. The first kappa shape index (κ1) is 15.3. The minimum Gasteiger partial charge on any atom is -0.490 e. The Kier molecular flexibility index (Phi) is 4.28. The van der Waals surface area contributed by atoms with Crippen LogP contribution in [0.2, 0.25) is 0 Å². The van der Waals surface area contributed by atoms with Crippen molar-refractivity contribution in [3.63, 3.8) is 0 Å². The Morgan fingerprint density at radius 3 is 2.42 bits per heavy atom. The monoisotopic (exact) mass is 325 g/mol. The number of rotatable bonds is 5. The first-order chi connectivity index (χ1) is 11.8. The van der Waals surface area contributed by atoms with E-state index in [-0.39, 0.29) is 18.1 Å². The van der Waals surface area contributed by atoms with Crippen LogP contribution < -0.4 is 10.1 Å². The Balaban J connectivity index is 1.25. The van der Waals surface area contributed by atoms with Crippen molar-refractivity contribution in [1.29, 1.82) is 0 Å². The van der Waals surface area contributed by atoms with E-state index in [4.69, 9.17) is 9.15 Å². The molecule has 2 fully saturated rings. The number of benzene rings is 1. The van der Waals surface area contributed by atoms with E-state index in [1.165, 1.54) is 12.8 Å². The van der Waals surface area contributed by atoms with Gasteiger partial charge >= 0.3 is 0 Å². The van der Waals surface area contributed by atoms with Crippen molar-refractivity contribution >= 4 is 5.91 Å². The third kappa shape index (κ3) is 3.64. The SMILES string of the molecule is O=C(NC1CCC(Oc2ccccc2)CC1)c1ccc(C2CC2)o1. The number of hydrogen-bond acceptors (Lipinski definition) is 3. The number of furan rings is 1. The highest BCUT2D eigenvalue weighted by molar-refractivity contribution is 5.91. The lowest BCUT2D eigenvalue weighted by molar-refractivity contribution is 0.0865. The fraction of sp³-hybridized carbons (Fsp3) is 0.450. The Morgan fingerprint density at radius 1 is 0.958 bits per heavy atom. The van der Waals surface area contributed by atoms with E-state index in [2.05, 4.69) is 5.32 Å². The summed E-state index contributed by atoms with van der Waals surface area (Å²) in [4.78, 5) is 12.3. The second-order valence-electron chi connectivity index (χ2n) is 6.85. The highest BCUT2D eigenvalue weighted by Gasteiger charge is 2.29. The summed E-state index contributed by atoms with van der Waals surface area (Å²) in [6, 6.07) is 13.9. The maximum Gasteiger partial charge on any atom is 0.287 e. The minimum absolute atomic E-state index is 0.0886. The van der Waals surface area contributed by atoms with Crippen LogP contribution in [0.25, 0.3) is 0 Å². The van der Waals surface area contributed by atoms with Crippen LogP contribution in [-0.4, -0.2) is 18.1 Å². The smallest absolute Gasteiger partial charge is 0.287 e. The molecular formula is C20H23NO3. The lowest BCUT2D eigenvalue weighted by Crippen LogP contribution is -2.39. The van der Waals surface area contributed by atoms with Crippen molar-refractivity contribution < 1.29 is 13.9 Å². The largest absolute Gasteiger partial charge is 0.490 e. The van der Waals surface area contributed by atoms with Crippen molar-refractivity contribution in [2.24, 2.45) is 0 Å². The highest BCUT2D eigenvalue weighted by Crippen LogP contribution is 2.40. The maximum absolute atomic E-state index is 12.3. The van der Waals surface area contributed by atoms with Gasteiger partial charge in [0.1, 0.15) is 11.5 Å². The minimum atomic E-state index is -0.0886. The van der Waals surface area contributed by atoms with E-state index in [0.29, 0.717) is 11.7 Å². The fourth-order valence-corrected chi connectivity index (χ4v) is 3.34. The van der Waals surface area contributed by atoms with Gasteiger partial charge in [0.25, 0.3) is 5.91 Å². The van der Waals surface area contributed by atoms with Crippen molar-refractivity contribution in [2.45, 2.75) is 56.6 Å². The molecule has 4 rings (SSSR count).